The Balaban J connectivity index is 2.89. The van der Waals surface area contributed by atoms with Crippen molar-refractivity contribution < 1.29 is 22.3 Å². The fourth-order valence-corrected chi connectivity index (χ4v) is 1.25. The van der Waals surface area contributed by atoms with Crippen molar-refractivity contribution in [2.45, 2.75) is 17.9 Å². The molecule has 1 rings (SSSR count). The van der Waals surface area contributed by atoms with E-state index in [1.165, 1.54) is 18.2 Å². The first-order chi connectivity index (χ1) is 6.38. The predicted molar refractivity (Wildman–Crippen MR) is 44.9 cm³/mol. The molecule has 0 bridgehead atoms. The van der Waals surface area contributed by atoms with E-state index in [9.17, 15) is 17.5 Å². The molecule has 0 heterocycles. The van der Waals surface area contributed by atoms with E-state index in [1.807, 2.05) is 0 Å². The molecule has 14 heavy (non-hydrogen) atoms. The van der Waals surface area contributed by atoms with Crippen molar-refractivity contribution in [2.24, 2.45) is 0 Å². The molecule has 0 aromatic heterocycles. The zero-order chi connectivity index (χ0) is 10.8. The van der Waals surface area contributed by atoms with E-state index >= 15 is 0 Å². The molecule has 0 radical (unpaired) electrons. The highest BCUT2D eigenvalue weighted by Crippen LogP contribution is 2.22. The lowest BCUT2D eigenvalue weighted by Crippen LogP contribution is -2.19. The van der Waals surface area contributed by atoms with Crippen LogP contribution < -0.4 is 4.74 Å². The van der Waals surface area contributed by atoms with Gasteiger partial charge in [0.25, 0.3) is 0 Å². The highest BCUT2D eigenvalue weighted by molar-refractivity contribution is 7.79. The summed E-state index contributed by atoms with van der Waals surface area (Å²) in [4.78, 5) is -0.0910. The third-order valence-electron chi connectivity index (χ3n) is 1.30. The third kappa shape index (κ3) is 3.39. The minimum Gasteiger partial charge on any atom is -0.768 e. The minimum absolute atomic E-state index is 0.0910. The van der Waals surface area contributed by atoms with Crippen LogP contribution in [0.15, 0.2) is 29.2 Å². The molecule has 0 aliphatic heterocycles. The molecule has 0 amide bonds. The maximum Gasteiger partial charge on any atom is 0.394 e. The van der Waals surface area contributed by atoms with Gasteiger partial charge in [0, 0.05) is 11.8 Å². The summed E-state index contributed by atoms with van der Waals surface area (Å²) in [5, 5.41) is 0. The molecular formula is C8H7F2O3S-. The summed E-state index contributed by atoms with van der Waals surface area (Å²) >= 11 is -2.44. The van der Waals surface area contributed by atoms with Gasteiger partial charge in [-0.15, -0.1) is 0 Å². The Morgan fingerprint density at radius 2 is 2.14 bits per heavy atom. The van der Waals surface area contributed by atoms with Crippen LogP contribution >= 0.6 is 0 Å². The van der Waals surface area contributed by atoms with Crippen LogP contribution in [0.3, 0.4) is 0 Å². The van der Waals surface area contributed by atoms with Gasteiger partial charge in [-0.25, -0.2) is 0 Å². The predicted octanol–water partition coefficient (Wildman–Crippen LogP) is 1.92. The van der Waals surface area contributed by atoms with Crippen molar-refractivity contribution in [3.05, 3.63) is 24.3 Å². The zero-order valence-electron chi connectivity index (χ0n) is 7.20. The van der Waals surface area contributed by atoms with E-state index in [0.717, 1.165) is 6.07 Å². The molecule has 0 saturated carbocycles. The lowest BCUT2D eigenvalue weighted by molar-refractivity contribution is -0.159. The van der Waals surface area contributed by atoms with Crippen LogP contribution in [0.1, 0.15) is 6.92 Å². The van der Waals surface area contributed by atoms with Crippen LogP contribution in [-0.4, -0.2) is 14.9 Å². The Hall–Kier alpha value is -1.01. The van der Waals surface area contributed by atoms with E-state index < -0.39 is 17.2 Å². The van der Waals surface area contributed by atoms with Gasteiger partial charge in [0.15, 0.2) is 0 Å². The SMILES string of the molecule is CC(F)(F)Oc1cccc(S(=O)[O-])c1. The zero-order valence-corrected chi connectivity index (χ0v) is 8.01. The van der Waals surface area contributed by atoms with Crippen molar-refractivity contribution in [3.8, 4) is 5.75 Å². The number of benzene rings is 1. The molecule has 3 nitrogen and oxygen atoms in total. The molecule has 0 fully saturated rings. The fourth-order valence-electron chi connectivity index (χ4n) is 0.848. The van der Waals surface area contributed by atoms with Gasteiger partial charge in [-0.05, 0) is 29.3 Å². The number of alkyl halides is 2. The Bertz CT molecular complexity index is 349. The molecule has 0 N–H and O–H groups in total. The normalized spacial score (nSPS) is 13.7. The average Bonchev–Trinajstić information content (AvgIpc) is 2.01. The Kier molecular flexibility index (Phi) is 3.17. The van der Waals surface area contributed by atoms with Gasteiger partial charge in [0.2, 0.25) is 0 Å². The van der Waals surface area contributed by atoms with Crippen LogP contribution in [0.2, 0.25) is 0 Å². The molecule has 0 aliphatic carbocycles. The number of halogens is 2. The summed E-state index contributed by atoms with van der Waals surface area (Å²) in [7, 11) is 0. The highest BCUT2D eigenvalue weighted by atomic mass is 32.2. The van der Waals surface area contributed by atoms with Crippen LogP contribution in [-0.2, 0) is 11.1 Å². The van der Waals surface area contributed by atoms with Gasteiger partial charge in [0.1, 0.15) is 5.75 Å². The summed E-state index contributed by atoms with van der Waals surface area (Å²) in [5.74, 6) is -0.181. The van der Waals surface area contributed by atoms with E-state index in [1.54, 1.807) is 0 Å². The molecule has 1 aromatic rings. The summed E-state index contributed by atoms with van der Waals surface area (Å²) < 4.78 is 49.9. The quantitative estimate of drug-likeness (QED) is 0.732. The van der Waals surface area contributed by atoms with Gasteiger partial charge < -0.3 is 9.29 Å². The lowest BCUT2D eigenvalue weighted by atomic mass is 10.3. The number of ether oxygens (including phenoxy) is 1. The minimum atomic E-state index is -3.32. The first kappa shape index (κ1) is 11.1. The molecular weight excluding hydrogens is 214 g/mol. The first-order valence-corrected chi connectivity index (χ1v) is 4.72. The molecule has 1 atom stereocenters. The highest BCUT2D eigenvalue weighted by Gasteiger charge is 2.23. The Labute approximate surface area is 82.0 Å². The summed E-state index contributed by atoms with van der Waals surface area (Å²) in [6.45, 7) is 0.577. The topological polar surface area (TPSA) is 49.4 Å². The third-order valence-corrected chi connectivity index (χ3v) is 1.93. The Morgan fingerprint density at radius 3 is 2.64 bits per heavy atom. The standard InChI is InChI=1S/C8H8F2O3S/c1-8(9,10)13-6-3-2-4-7(5-6)14(11)12/h2-5H,1H3,(H,11,12)/p-1. The molecule has 1 aromatic carbocycles. The van der Waals surface area contributed by atoms with Gasteiger partial charge >= 0.3 is 6.11 Å². The number of rotatable bonds is 3. The van der Waals surface area contributed by atoms with Crippen molar-refractivity contribution >= 4 is 11.1 Å². The van der Waals surface area contributed by atoms with Crippen LogP contribution in [0.25, 0.3) is 0 Å². The van der Waals surface area contributed by atoms with Crippen LogP contribution in [0.5, 0.6) is 5.75 Å². The van der Waals surface area contributed by atoms with Crippen molar-refractivity contribution in [1.29, 1.82) is 0 Å². The average molecular weight is 221 g/mol. The first-order valence-electron chi connectivity index (χ1n) is 3.65. The molecule has 1 unspecified atom stereocenters. The van der Waals surface area contributed by atoms with Crippen molar-refractivity contribution in [1.82, 2.24) is 0 Å². The summed E-state index contributed by atoms with van der Waals surface area (Å²) in [6.07, 6.45) is -3.32. The van der Waals surface area contributed by atoms with Crippen LogP contribution in [0.4, 0.5) is 8.78 Å². The summed E-state index contributed by atoms with van der Waals surface area (Å²) in [5.41, 5.74) is 0. The van der Waals surface area contributed by atoms with Gasteiger partial charge in [-0.3, -0.25) is 4.21 Å². The van der Waals surface area contributed by atoms with E-state index in [0.29, 0.717) is 6.92 Å². The molecule has 0 saturated heterocycles. The maximum atomic E-state index is 12.4. The van der Waals surface area contributed by atoms with E-state index in [2.05, 4.69) is 4.74 Å². The monoisotopic (exact) mass is 221 g/mol. The molecule has 0 spiro atoms. The largest absolute Gasteiger partial charge is 0.768 e. The Morgan fingerprint density at radius 1 is 1.50 bits per heavy atom. The van der Waals surface area contributed by atoms with Crippen molar-refractivity contribution in [3.63, 3.8) is 0 Å². The van der Waals surface area contributed by atoms with E-state index in [4.69, 9.17) is 0 Å². The van der Waals surface area contributed by atoms with Gasteiger partial charge in [-0.2, -0.15) is 8.78 Å². The maximum absolute atomic E-state index is 12.4. The smallest absolute Gasteiger partial charge is 0.394 e. The van der Waals surface area contributed by atoms with Crippen LogP contribution in [0, 0.1) is 0 Å². The second-order valence-electron chi connectivity index (χ2n) is 2.62. The lowest BCUT2D eigenvalue weighted by Gasteiger charge is -2.14. The van der Waals surface area contributed by atoms with Crippen molar-refractivity contribution in [2.75, 3.05) is 0 Å². The number of hydrogen-bond donors (Lipinski definition) is 0. The van der Waals surface area contributed by atoms with Gasteiger partial charge in [0.05, 0.1) is 0 Å². The molecule has 6 heteroatoms. The second-order valence-corrected chi connectivity index (χ2v) is 3.56. The van der Waals surface area contributed by atoms with Gasteiger partial charge in [-0.1, -0.05) is 6.07 Å². The summed E-state index contributed by atoms with van der Waals surface area (Å²) in [6, 6.07) is 4.89. The van der Waals surface area contributed by atoms with E-state index in [-0.39, 0.29) is 10.6 Å². The fraction of sp³-hybridized carbons (Fsp3) is 0.250. The second kappa shape index (κ2) is 4.02. The molecule has 78 valence electrons. The number of hydrogen-bond acceptors (Lipinski definition) is 3. The molecule has 0 aliphatic rings.